The summed E-state index contributed by atoms with van der Waals surface area (Å²) in [5, 5.41) is 1.20. The summed E-state index contributed by atoms with van der Waals surface area (Å²) in [6.07, 6.45) is 2.07. The van der Waals surface area contributed by atoms with Gasteiger partial charge in [-0.2, -0.15) is 4.37 Å². The molecule has 0 radical (unpaired) electrons. The molecular weight excluding hydrogens is 238 g/mol. The quantitative estimate of drug-likeness (QED) is 0.669. The number of hydrogen-bond donors (Lipinski definition) is 1. The normalized spacial score (nSPS) is 11.1. The molecule has 3 rings (SSSR count). The Labute approximate surface area is 102 Å². The van der Waals surface area contributed by atoms with Crippen LogP contribution in [0.3, 0.4) is 0 Å². The van der Waals surface area contributed by atoms with E-state index in [0.717, 1.165) is 11.4 Å². The second-order valence-corrected chi connectivity index (χ2v) is 5.05. The van der Waals surface area contributed by atoms with Crippen molar-refractivity contribution in [2.75, 3.05) is 0 Å². The zero-order valence-electron chi connectivity index (χ0n) is 8.60. The summed E-state index contributed by atoms with van der Waals surface area (Å²) in [4.78, 5) is 3.11. The average Bonchev–Trinajstić information content (AvgIpc) is 2.84. The number of nitrogens with one attached hydrogen (secondary N) is 1. The molecule has 0 atom stereocenters. The van der Waals surface area contributed by atoms with Gasteiger partial charge >= 0.3 is 0 Å². The molecule has 0 aliphatic rings. The molecular formula is C11H9N3S2. The first-order valence-corrected chi connectivity index (χ1v) is 6.04. The van der Waals surface area contributed by atoms with Crippen molar-refractivity contribution in [3.8, 4) is 11.4 Å². The van der Waals surface area contributed by atoms with Crippen molar-refractivity contribution < 1.29 is 0 Å². The molecule has 0 unspecified atom stereocenters. The molecule has 0 amide bonds. The molecule has 0 bridgehead atoms. The molecule has 0 aliphatic carbocycles. The van der Waals surface area contributed by atoms with E-state index in [2.05, 4.69) is 32.3 Å². The molecule has 5 heteroatoms. The Bertz CT molecular complexity index is 705. The number of aromatic nitrogens is 3. The smallest absolute Gasteiger partial charge is 0.178 e. The van der Waals surface area contributed by atoms with Crippen LogP contribution in [0.1, 0.15) is 0 Å². The maximum atomic E-state index is 5.06. The number of nitrogens with zero attached hydrogens (tertiary/aromatic N) is 2. The van der Waals surface area contributed by atoms with Crippen molar-refractivity contribution in [1.82, 2.24) is 13.9 Å². The van der Waals surface area contributed by atoms with Crippen molar-refractivity contribution in [2.24, 2.45) is 7.05 Å². The Morgan fingerprint density at radius 2 is 2.19 bits per heavy atom. The first kappa shape index (κ1) is 9.74. The highest BCUT2D eigenvalue weighted by molar-refractivity contribution is 7.73. The summed E-state index contributed by atoms with van der Waals surface area (Å²) in [7, 11) is 2.03. The average molecular weight is 247 g/mol. The van der Waals surface area contributed by atoms with Gasteiger partial charge < -0.3 is 9.55 Å². The highest BCUT2D eigenvalue weighted by Crippen LogP contribution is 2.28. The third kappa shape index (κ3) is 1.40. The number of rotatable bonds is 1. The van der Waals surface area contributed by atoms with E-state index in [1.54, 1.807) is 0 Å². The Hall–Kier alpha value is -1.46. The molecule has 1 aromatic carbocycles. The maximum absolute atomic E-state index is 5.06. The number of hydrogen-bond acceptors (Lipinski definition) is 3. The fourth-order valence-corrected chi connectivity index (χ4v) is 2.55. The van der Waals surface area contributed by atoms with Crippen LogP contribution in [0.25, 0.3) is 22.3 Å². The van der Waals surface area contributed by atoms with E-state index in [1.165, 1.54) is 22.4 Å². The Kier molecular flexibility index (Phi) is 2.15. The van der Waals surface area contributed by atoms with Gasteiger partial charge in [-0.15, -0.1) is 0 Å². The fraction of sp³-hybridized carbons (Fsp3) is 0.0909. The maximum Gasteiger partial charge on any atom is 0.178 e. The van der Waals surface area contributed by atoms with Crippen LogP contribution in [-0.2, 0) is 7.05 Å². The molecule has 0 spiro atoms. The number of fused-ring (bicyclic) bond motifs is 1. The van der Waals surface area contributed by atoms with Gasteiger partial charge in [0.05, 0.1) is 0 Å². The highest BCUT2D eigenvalue weighted by Gasteiger charge is 2.09. The molecule has 0 saturated carbocycles. The van der Waals surface area contributed by atoms with Gasteiger partial charge in [0.25, 0.3) is 0 Å². The minimum Gasteiger partial charge on any atom is -0.350 e. The van der Waals surface area contributed by atoms with E-state index in [4.69, 9.17) is 12.2 Å². The van der Waals surface area contributed by atoms with Gasteiger partial charge in [-0.05, 0) is 29.8 Å². The second kappa shape index (κ2) is 3.54. The monoisotopic (exact) mass is 247 g/mol. The van der Waals surface area contributed by atoms with Crippen LogP contribution in [0, 0.1) is 3.95 Å². The van der Waals surface area contributed by atoms with Gasteiger partial charge in [0.15, 0.2) is 9.78 Å². The van der Waals surface area contributed by atoms with Crippen LogP contribution in [-0.4, -0.2) is 13.9 Å². The molecule has 2 heterocycles. The van der Waals surface area contributed by atoms with Crippen molar-refractivity contribution in [2.45, 2.75) is 0 Å². The second-order valence-electron chi connectivity index (χ2n) is 3.61. The Balaban J connectivity index is 2.36. The molecule has 16 heavy (non-hydrogen) atoms. The summed E-state index contributed by atoms with van der Waals surface area (Å²) in [6.45, 7) is 0. The van der Waals surface area contributed by atoms with Crippen molar-refractivity contribution in [1.29, 1.82) is 0 Å². The number of benzene rings is 1. The summed E-state index contributed by atoms with van der Waals surface area (Å²) in [5.74, 6) is 0.854. The Morgan fingerprint density at radius 1 is 1.38 bits per heavy atom. The van der Waals surface area contributed by atoms with Crippen LogP contribution in [0.2, 0.25) is 0 Å². The molecule has 0 saturated heterocycles. The van der Waals surface area contributed by atoms with Crippen molar-refractivity contribution >= 4 is 34.7 Å². The van der Waals surface area contributed by atoms with Crippen LogP contribution in [0.15, 0.2) is 30.5 Å². The predicted octanol–water partition coefficient (Wildman–Crippen LogP) is 3.36. The zero-order valence-corrected chi connectivity index (χ0v) is 10.2. The molecule has 0 fully saturated rings. The van der Waals surface area contributed by atoms with E-state index in [1.807, 2.05) is 19.2 Å². The predicted molar refractivity (Wildman–Crippen MR) is 69.2 cm³/mol. The molecule has 0 aliphatic heterocycles. The topological polar surface area (TPSA) is 33.6 Å². The SMILES string of the molecule is Cn1cc(-c2nsc(=S)[nH]2)c2ccccc21. The Morgan fingerprint density at radius 3 is 2.94 bits per heavy atom. The number of H-pyrrole nitrogens is 1. The summed E-state index contributed by atoms with van der Waals surface area (Å²) >= 11 is 6.37. The molecule has 80 valence electrons. The number of para-hydroxylation sites is 1. The van der Waals surface area contributed by atoms with Crippen molar-refractivity contribution in [3.63, 3.8) is 0 Å². The fourth-order valence-electron chi connectivity index (χ4n) is 1.88. The lowest BCUT2D eigenvalue weighted by Crippen LogP contribution is -1.81. The number of aromatic amines is 1. The van der Waals surface area contributed by atoms with E-state index < -0.39 is 0 Å². The molecule has 3 aromatic rings. The lowest BCUT2D eigenvalue weighted by Gasteiger charge is -1.93. The zero-order chi connectivity index (χ0) is 11.1. The summed E-state index contributed by atoms with van der Waals surface area (Å²) < 4.78 is 7.13. The van der Waals surface area contributed by atoms with Crippen LogP contribution < -0.4 is 0 Å². The lowest BCUT2D eigenvalue weighted by atomic mass is 10.2. The molecule has 2 aromatic heterocycles. The van der Waals surface area contributed by atoms with E-state index in [0.29, 0.717) is 3.95 Å². The standard InChI is InChI=1S/C11H9N3S2/c1-14-6-8(10-12-11(15)16-13-10)7-4-2-3-5-9(7)14/h2-6H,1H3,(H,12,13,15). The minimum absolute atomic E-state index is 0.711. The third-order valence-electron chi connectivity index (χ3n) is 2.59. The van der Waals surface area contributed by atoms with Gasteiger partial charge in [0, 0.05) is 29.7 Å². The lowest BCUT2D eigenvalue weighted by molar-refractivity contribution is 0.969. The van der Waals surface area contributed by atoms with Crippen LogP contribution in [0.4, 0.5) is 0 Å². The van der Waals surface area contributed by atoms with Gasteiger partial charge in [-0.3, -0.25) is 0 Å². The minimum atomic E-state index is 0.711. The largest absolute Gasteiger partial charge is 0.350 e. The first-order chi connectivity index (χ1) is 7.75. The van der Waals surface area contributed by atoms with Crippen molar-refractivity contribution in [3.05, 3.63) is 34.4 Å². The molecule has 1 N–H and O–H groups in total. The number of aryl methyl sites for hydroxylation is 1. The van der Waals surface area contributed by atoms with Gasteiger partial charge in [-0.25, -0.2) is 0 Å². The molecule has 3 nitrogen and oxygen atoms in total. The van der Waals surface area contributed by atoms with E-state index in [-0.39, 0.29) is 0 Å². The highest BCUT2D eigenvalue weighted by atomic mass is 32.2. The third-order valence-corrected chi connectivity index (χ3v) is 3.46. The van der Waals surface area contributed by atoms with E-state index in [9.17, 15) is 0 Å². The van der Waals surface area contributed by atoms with E-state index >= 15 is 0 Å². The van der Waals surface area contributed by atoms with Gasteiger partial charge in [-0.1, -0.05) is 18.2 Å². The summed E-state index contributed by atoms with van der Waals surface area (Å²) in [5.41, 5.74) is 2.30. The van der Waals surface area contributed by atoms with Gasteiger partial charge in [0.1, 0.15) is 0 Å². The van der Waals surface area contributed by atoms with Crippen LogP contribution in [0.5, 0.6) is 0 Å². The van der Waals surface area contributed by atoms with Crippen LogP contribution >= 0.6 is 23.8 Å². The van der Waals surface area contributed by atoms with Gasteiger partial charge in [0.2, 0.25) is 0 Å². The first-order valence-electron chi connectivity index (χ1n) is 4.86. The summed E-state index contributed by atoms with van der Waals surface area (Å²) in [6, 6.07) is 8.27.